The zero-order valence-electron chi connectivity index (χ0n) is 11.7. The number of nitrogen functional groups attached to an aromatic ring is 1. The molecule has 0 spiro atoms. The van der Waals surface area contributed by atoms with E-state index in [2.05, 4.69) is 28.1 Å². The van der Waals surface area contributed by atoms with Crippen molar-refractivity contribution in [3.8, 4) is 0 Å². The van der Waals surface area contributed by atoms with Gasteiger partial charge >= 0.3 is 0 Å². The lowest BCUT2D eigenvalue weighted by Gasteiger charge is -2.20. The summed E-state index contributed by atoms with van der Waals surface area (Å²) in [7, 11) is 0. The molecule has 1 fully saturated rings. The van der Waals surface area contributed by atoms with Gasteiger partial charge in [-0.2, -0.15) is 0 Å². The highest BCUT2D eigenvalue weighted by atomic mass is 15.2. The van der Waals surface area contributed by atoms with Crippen LogP contribution < -0.4 is 5.73 Å². The molecule has 102 valence electrons. The van der Waals surface area contributed by atoms with Crippen LogP contribution >= 0.6 is 0 Å². The number of hydrogen-bond acceptors (Lipinski definition) is 3. The number of imidazole rings is 1. The van der Waals surface area contributed by atoms with Crippen molar-refractivity contribution in [1.29, 1.82) is 0 Å². The number of fused-ring (bicyclic) bond motifs is 1. The van der Waals surface area contributed by atoms with Gasteiger partial charge in [0.25, 0.3) is 0 Å². The molecule has 1 saturated heterocycles. The maximum atomic E-state index is 5.87. The highest BCUT2D eigenvalue weighted by Crippen LogP contribution is 2.22. The Labute approximate surface area is 114 Å². The van der Waals surface area contributed by atoms with Crippen LogP contribution in [0, 0.1) is 5.92 Å². The first-order valence-electron chi connectivity index (χ1n) is 7.09. The monoisotopic (exact) mass is 258 g/mol. The first-order valence-corrected chi connectivity index (χ1v) is 7.09. The van der Waals surface area contributed by atoms with E-state index >= 15 is 0 Å². The summed E-state index contributed by atoms with van der Waals surface area (Å²) < 4.78 is 2.13. The second-order valence-corrected chi connectivity index (χ2v) is 5.88. The van der Waals surface area contributed by atoms with E-state index in [-0.39, 0.29) is 0 Å². The molecule has 0 radical (unpaired) electrons. The zero-order chi connectivity index (χ0) is 13.4. The van der Waals surface area contributed by atoms with E-state index in [0.29, 0.717) is 6.04 Å². The average Bonchev–Trinajstić information content (AvgIpc) is 2.98. The topological polar surface area (TPSA) is 46.6 Å². The van der Waals surface area contributed by atoms with E-state index < -0.39 is 0 Å². The quantitative estimate of drug-likeness (QED) is 0.918. The minimum atomic E-state index is 0.651. The Bertz CT molecular complexity index is 573. The lowest BCUT2D eigenvalue weighted by molar-refractivity contribution is 0.264. The molecular weight excluding hydrogens is 236 g/mol. The van der Waals surface area contributed by atoms with Crippen molar-refractivity contribution in [2.75, 3.05) is 18.8 Å². The van der Waals surface area contributed by atoms with Gasteiger partial charge < -0.3 is 15.0 Å². The number of aromatic nitrogens is 2. The van der Waals surface area contributed by atoms with Gasteiger partial charge in [0.1, 0.15) is 5.82 Å². The smallest absolute Gasteiger partial charge is 0.113 e. The van der Waals surface area contributed by atoms with Crippen molar-refractivity contribution < 1.29 is 0 Å². The van der Waals surface area contributed by atoms with Crippen molar-refractivity contribution in [3.05, 3.63) is 30.4 Å². The van der Waals surface area contributed by atoms with Gasteiger partial charge in [0, 0.05) is 30.9 Å². The van der Waals surface area contributed by atoms with Crippen molar-refractivity contribution in [2.24, 2.45) is 5.92 Å². The summed E-state index contributed by atoms with van der Waals surface area (Å²) >= 11 is 0. The van der Waals surface area contributed by atoms with Gasteiger partial charge in [-0.15, -0.1) is 0 Å². The molecule has 19 heavy (non-hydrogen) atoms. The Morgan fingerprint density at radius 2 is 2.26 bits per heavy atom. The average molecular weight is 258 g/mol. The fourth-order valence-corrected chi connectivity index (χ4v) is 2.97. The molecule has 4 heteroatoms. The van der Waals surface area contributed by atoms with Gasteiger partial charge in [0.15, 0.2) is 0 Å². The van der Waals surface area contributed by atoms with Gasteiger partial charge in [-0.05, 0) is 44.9 Å². The normalized spacial score (nSPS) is 20.7. The van der Waals surface area contributed by atoms with E-state index in [9.17, 15) is 0 Å². The third kappa shape index (κ3) is 2.45. The lowest BCUT2D eigenvalue weighted by Crippen LogP contribution is -2.28. The van der Waals surface area contributed by atoms with Crippen molar-refractivity contribution in [1.82, 2.24) is 14.3 Å². The maximum Gasteiger partial charge on any atom is 0.113 e. The molecular formula is C15H22N4. The predicted octanol–water partition coefficient (Wildman–Crippen LogP) is 2.19. The molecule has 2 N–H and O–H groups in total. The van der Waals surface area contributed by atoms with E-state index in [4.69, 9.17) is 5.73 Å². The molecule has 4 nitrogen and oxygen atoms in total. The molecule has 1 aliphatic heterocycles. The molecule has 3 rings (SSSR count). The molecule has 1 unspecified atom stereocenters. The standard InChI is InChI=1S/C15H22N4/c1-11(2)18-6-5-12(9-18)7-15-17-8-14-4-3-13(16)10-19(14)15/h3-4,8,10-12H,5-7,9,16H2,1-2H3. The Hall–Kier alpha value is -1.55. The van der Waals surface area contributed by atoms with E-state index in [0.717, 1.165) is 29.4 Å². The summed E-state index contributed by atoms with van der Waals surface area (Å²) in [5, 5.41) is 0. The van der Waals surface area contributed by atoms with E-state index in [1.165, 1.54) is 19.5 Å². The van der Waals surface area contributed by atoms with Crippen LogP contribution in [0.5, 0.6) is 0 Å². The third-order valence-electron chi connectivity index (χ3n) is 4.15. The number of pyridine rings is 1. The third-order valence-corrected chi connectivity index (χ3v) is 4.15. The van der Waals surface area contributed by atoms with Crippen LogP contribution in [0.4, 0.5) is 5.69 Å². The van der Waals surface area contributed by atoms with E-state index in [1.807, 2.05) is 24.5 Å². The molecule has 0 amide bonds. The van der Waals surface area contributed by atoms with Crippen LogP contribution in [-0.4, -0.2) is 33.4 Å². The number of rotatable bonds is 3. The van der Waals surface area contributed by atoms with Gasteiger partial charge in [-0.3, -0.25) is 0 Å². The summed E-state index contributed by atoms with van der Waals surface area (Å²) in [6, 6.07) is 4.61. The summed E-state index contributed by atoms with van der Waals surface area (Å²) in [5.41, 5.74) is 7.79. The number of nitrogens with two attached hydrogens (primary N) is 1. The minimum Gasteiger partial charge on any atom is -0.398 e. The molecule has 2 aromatic heterocycles. The fourth-order valence-electron chi connectivity index (χ4n) is 2.97. The van der Waals surface area contributed by atoms with Crippen LogP contribution in [0.15, 0.2) is 24.5 Å². The Morgan fingerprint density at radius 3 is 3.00 bits per heavy atom. The largest absolute Gasteiger partial charge is 0.398 e. The van der Waals surface area contributed by atoms with Crippen molar-refractivity contribution in [3.63, 3.8) is 0 Å². The van der Waals surface area contributed by atoms with Crippen LogP contribution in [0.2, 0.25) is 0 Å². The van der Waals surface area contributed by atoms with Gasteiger partial charge in [0.05, 0.1) is 11.7 Å². The van der Waals surface area contributed by atoms with Crippen molar-refractivity contribution >= 4 is 11.2 Å². The minimum absolute atomic E-state index is 0.651. The maximum absolute atomic E-state index is 5.87. The zero-order valence-corrected chi connectivity index (χ0v) is 11.7. The second-order valence-electron chi connectivity index (χ2n) is 5.88. The van der Waals surface area contributed by atoms with Crippen molar-refractivity contribution in [2.45, 2.75) is 32.7 Å². The van der Waals surface area contributed by atoms with E-state index in [1.54, 1.807) is 0 Å². The van der Waals surface area contributed by atoms with Crippen LogP contribution in [0.1, 0.15) is 26.1 Å². The molecule has 3 heterocycles. The number of nitrogens with zero attached hydrogens (tertiary/aromatic N) is 3. The number of likely N-dealkylation sites (tertiary alicyclic amines) is 1. The first-order chi connectivity index (χ1) is 9.13. The highest BCUT2D eigenvalue weighted by Gasteiger charge is 2.25. The summed E-state index contributed by atoms with van der Waals surface area (Å²) in [6.07, 6.45) is 6.23. The number of anilines is 1. The number of hydrogen-bond donors (Lipinski definition) is 1. The van der Waals surface area contributed by atoms with Gasteiger partial charge in [-0.1, -0.05) is 0 Å². The Balaban J connectivity index is 1.77. The van der Waals surface area contributed by atoms with Crippen LogP contribution in [-0.2, 0) is 6.42 Å². The summed E-state index contributed by atoms with van der Waals surface area (Å²) in [6.45, 7) is 6.95. The predicted molar refractivity (Wildman–Crippen MR) is 78.1 cm³/mol. The molecule has 2 aromatic rings. The van der Waals surface area contributed by atoms with Gasteiger partial charge in [-0.25, -0.2) is 4.98 Å². The molecule has 0 aromatic carbocycles. The molecule has 1 atom stereocenters. The van der Waals surface area contributed by atoms with Crippen LogP contribution in [0.3, 0.4) is 0 Å². The molecule has 0 aliphatic carbocycles. The lowest BCUT2D eigenvalue weighted by atomic mass is 10.0. The first kappa shape index (κ1) is 12.5. The molecule has 1 aliphatic rings. The highest BCUT2D eigenvalue weighted by molar-refractivity contribution is 5.52. The molecule has 0 saturated carbocycles. The summed E-state index contributed by atoms with van der Waals surface area (Å²) in [4.78, 5) is 7.11. The SMILES string of the molecule is CC(C)N1CCC(Cc2ncc3ccc(N)cn23)C1. The Kier molecular flexibility index (Phi) is 3.19. The molecule has 0 bridgehead atoms. The Morgan fingerprint density at radius 1 is 1.42 bits per heavy atom. The fraction of sp³-hybridized carbons (Fsp3) is 0.533. The summed E-state index contributed by atoms with van der Waals surface area (Å²) in [5.74, 6) is 1.85. The van der Waals surface area contributed by atoms with Crippen LogP contribution in [0.25, 0.3) is 5.52 Å². The van der Waals surface area contributed by atoms with Gasteiger partial charge in [0.2, 0.25) is 0 Å². The second kappa shape index (κ2) is 4.85.